The van der Waals surface area contributed by atoms with Crippen LogP contribution in [-0.2, 0) is 4.74 Å². The average Bonchev–Trinajstić information content (AvgIpc) is 2.16. The third kappa shape index (κ3) is 3.94. The zero-order valence-corrected chi connectivity index (χ0v) is 9.52. The molecule has 2 atom stereocenters. The third-order valence-corrected chi connectivity index (χ3v) is 3.00. The third-order valence-electron chi connectivity index (χ3n) is 3.00. The van der Waals surface area contributed by atoms with E-state index in [4.69, 9.17) is 4.74 Å². The van der Waals surface area contributed by atoms with Crippen LogP contribution < -0.4 is 0 Å². The lowest BCUT2D eigenvalue weighted by Gasteiger charge is -2.37. The minimum absolute atomic E-state index is 0.0212. The first-order valence-corrected chi connectivity index (χ1v) is 5.74. The van der Waals surface area contributed by atoms with Gasteiger partial charge < -0.3 is 9.84 Å². The lowest BCUT2D eigenvalue weighted by atomic mass is 9.78. The predicted molar refractivity (Wildman–Crippen MR) is 54.1 cm³/mol. The van der Waals surface area contributed by atoms with Crippen molar-refractivity contribution in [2.75, 3.05) is 13.2 Å². The fourth-order valence-electron chi connectivity index (χ4n) is 2.16. The fraction of sp³-hybridized carbons (Fsp3) is 1.00. The van der Waals surface area contributed by atoms with Crippen molar-refractivity contribution in [2.45, 2.75) is 50.8 Å². The summed E-state index contributed by atoms with van der Waals surface area (Å²) in [5.74, 6) is -1.38. The van der Waals surface area contributed by atoms with E-state index in [2.05, 4.69) is 0 Å². The quantitative estimate of drug-likeness (QED) is 0.766. The molecule has 1 rings (SSSR count). The van der Waals surface area contributed by atoms with Gasteiger partial charge in [0.25, 0.3) is 0 Å². The van der Waals surface area contributed by atoms with E-state index in [1.807, 2.05) is 6.92 Å². The number of hydrogen-bond donors (Lipinski definition) is 1. The van der Waals surface area contributed by atoms with Gasteiger partial charge in [-0.25, -0.2) is 0 Å². The first-order valence-electron chi connectivity index (χ1n) is 5.74. The summed E-state index contributed by atoms with van der Waals surface area (Å²) in [6.45, 7) is 2.43. The molecule has 0 radical (unpaired) electrons. The maximum atomic E-state index is 12.5. The molecule has 0 aromatic heterocycles. The maximum Gasteiger partial charge on any atom is 0.391 e. The van der Waals surface area contributed by atoms with Crippen molar-refractivity contribution in [3.63, 3.8) is 0 Å². The SMILES string of the molecule is CCCOCC1(O)CCCC(C(F)(F)F)C1. The molecule has 5 heteroatoms. The van der Waals surface area contributed by atoms with Crippen molar-refractivity contribution < 1.29 is 23.0 Å². The van der Waals surface area contributed by atoms with E-state index < -0.39 is 17.7 Å². The Balaban J connectivity index is 2.48. The minimum Gasteiger partial charge on any atom is -0.387 e. The Kier molecular flexibility index (Phi) is 4.62. The van der Waals surface area contributed by atoms with Gasteiger partial charge in [0.2, 0.25) is 0 Å². The summed E-state index contributed by atoms with van der Waals surface area (Å²) in [5.41, 5.74) is -1.28. The van der Waals surface area contributed by atoms with Crippen molar-refractivity contribution in [2.24, 2.45) is 5.92 Å². The number of aliphatic hydroxyl groups is 1. The van der Waals surface area contributed by atoms with Gasteiger partial charge in [-0.2, -0.15) is 13.2 Å². The van der Waals surface area contributed by atoms with Crippen LogP contribution in [0.2, 0.25) is 0 Å². The van der Waals surface area contributed by atoms with Crippen LogP contribution in [0.1, 0.15) is 39.0 Å². The average molecular weight is 240 g/mol. The highest BCUT2D eigenvalue weighted by Gasteiger charge is 2.46. The van der Waals surface area contributed by atoms with E-state index >= 15 is 0 Å². The Bertz CT molecular complexity index is 218. The lowest BCUT2D eigenvalue weighted by molar-refractivity contribution is -0.206. The van der Waals surface area contributed by atoms with Crippen LogP contribution in [0, 0.1) is 5.92 Å². The molecule has 0 heterocycles. The van der Waals surface area contributed by atoms with Crippen molar-refractivity contribution in [1.82, 2.24) is 0 Å². The van der Waals surface area contributed by atoms with Gasteiger partial charge in [-0.15, -0.1) is 0 Å². The van der Waals surface area contributed by atoms with E-state index in [-0.39, 0.29) is 19.4 Å². The Morgan fingerprint density at radius 1 is 1.44 bits per heavy atom. The van der Waals surface area contributed by atoms with E-state index in [0.717, 1.165) is 6.42 Å². The van der Waals surface area contributed by atoms with Crippen LogP contribution in [0.3, 0.4) is 0 Å². The van der Waals surface area contributed by atoms with E-state index in [9.17, 15) is 18.3 Å². The zero-order valence-electron chi connectivity index (χ0n) is 9.52. The Hall–Kier alpha value is -0.290. The summed E-state index contributed by atoms with van der Waals surface area (Å²) in [4.78, 5) is 0. The molecular formula is C11H19F3O2. The monoisotopic (exact) mass is 240 g/mol. The second-order valence-corrected chi connectivity index (χ2v) is 4.61. The van der Waals surface area contributed by atoms with Crippen LogP contribution in [-0.4, -0.2) is 30.1 Å². The molecule has 1 aliphatic rings. The molecule has 0 amide bonds. The normalized spacial score (nSPS) is 31.7. The second kappa shape index (κ2) is 5.36. The number of rotatable bonds is 4. The largest absolute Gasteiger partial charge is 0.391 e. The highest BCUT2D eigenvalue weighted by atomic mass is 19.4. The van der Waals surface area contributed by atoms with Crippen molar-refractivity contribution in [3.05, 3.63) is 0 Å². The van der Waals surface area contributed by atoms with Gasteiger partial charge in [0.1, 0.15) is 0 Å². The molecule has 1 aliphatic carbocycles. The van der Waals surface area contributed by atoms with Gasteiger partial charge in [-0.05, 0) is 32.1 Å². The molecule has 0 aliphatic heterocycles. The van der Waals surface area contributed by atoms with E-state index in [1.165, 1.54) is 0 Å². The van der Waals surface area contributed by atoms with Gasteiger partial charge in [-0.1, -0.05) is 6.92 Å². The van der Waals surface area contributed by atoms with Crippen LogP contribution in [0.5, 0.6) is 0 Å². The van der Waals surface area contributed by atoms with Gasteiger partial charge in [0.15, 0.2) is 0 Å². The molecule has 2 unspecified atom stereocenters. The Labute approximate surface area is 93.8 Å². The van der Waals surface area contributed by atoms with Crippen LogP contribution in [0.4, 0.5) is 13.2 Å². The molecular weight excluding hydrogens is 221 g/mol. The highest BCUT2D eigenvalue weighted by Crippen LogP contribution is 2.41. The second-order valence-electron chi connectivity index (χ2n) is 4.61. The molecule has 0 aromatic rings. The van der Waals surface area contributed by atoms with Crippen LogP contribution in [0.25, 0.3) is 0 Å². The highest BCUT2D eigenvalue weighted by molar-refractivity contribution is 4.88. The summed E-state index contributed by atoms with van der Waals surface area (Å²) >= 11 is 0. The molecule has 0 spiro atoms. The lowest BCUT2D eigenvalue weighted by Crippen LogP contribution is -2.43. The van der Waals surface area contributed by atoms with Gasteiger partial charge >= 0.3 is 6.18 Å². The number of alkyl halides is 3. The summed E-state index contributed by atoms with van der Waals surface area (Å²) in [5, 5.41) is 10.0. The summed E-state index contributed by atoms with van der Waals surface area (Å²) in [6.07, 6.45) is -2.67. The molecule has 0 bridgehead atoms. The standard InChI is InChI=1S/C11H19F3O2/c1-2-6-16-8-10(15)5-3-4-9(7-10)11(12,13)14/h9,15H,2-8H2,1H3. The minimum atomic E-state index is -4.20. The molecule has 16 heavy (non-hydrogen) atoms. The van der Waals surface area contributed by atoms with Gasteiger partial charge in [-0.3, -0.25) is 0 Å². The maximum absolute atomic E-state index is 12.5. The van der Waals surface area contributed by atoms with Crippen molar-refractivity contribution in [3.8, 4) is 0 Å². The first-order chi connectivity index (χ1) is 7.37. The smallest absolute Gasteiger partial charge is 0.387 e. The van der Waals surface area contributed by atoms with E-state index in [1.54, 1.807) is 0 Å². The Morgan fingerprint density at radius 3 is 2.69 bits per heavy atom. The molecule has 96 valence electrons. The number of ether oxygens (including phenoxy) is 1. The van der Waals surface area contributed by atoms with Crippen LogP contribution in [0.15, 0.2) is 0 Å². The topological polar surface area (TPSA) is 29.5 Å². The zero-order chi connectivity index (χ0) is 12.2. The van der Waals surface area contributed by atoms with Gasteiger partial charge in [0, 0.05) is 6.61 Å². The van der Waals surface area contributed by atoms with Crippen LogP contribution >= 0.6 is 0 Å². The molecule has 1 saturated carbocycles. The number of hydrogen-bond acceptors (Lipinski definition) is 2. The summed E-state index contributed by atoms with van der Waals surface area (Å²) < 4.78 is 42.7. The summed E-state index contributed by atoms with van der Waals surface area (Å²) in [6, 6.07) is 0. The summed E-state index contributed by atoms with van der Waals surface area (Å²) in [7, 11) is 0. The molecule has 2 nitrogen and oxygen atoms in total. The van der Waals surface area contributed by atoms with Crippen molar-refractivity contribution >= 4 is 0 Å². The predicted octanol–water partition coefficient (Wildman–Crippen LogP) is 2.90. The Morgan fingerprint density at radius 2 is 2.12 bits per heavy atom. The number of halogens is 3. The first kappa shape index (κ1) is 13.8. The molecule has 1 fully saturated rings. The van der Waals surface area contributed by atoms with Gasteiger partial charge in [0.05, 0.1) is 18.1 Å². The molecule has 0 saturated heterocycles. The molecule has 1 N–H and O–H groups in total. The molecule has 0 aromatic carbocycles. The van der Waals surface area contributed by atoms with E-state index in [0.29, 0.717) is 19.4 Å². The fourth-order valence-corrected chi connectivity index (χ4v) is 2.16. The van der Waals surface area contributed by atoms with Crippen molar-refractivity contribution in [1.29, 1.82) is 0 Å².